The molecule has 0 saturated carbocycles. The van der Waals surface area contributed by atoms with Crippen molar-refractivity contribution in [2.45, 2.75) is 31.2 Å². The van der Waals surface area contributed by atoms with Crippen molar-refractivity contribution < 1.29 is 13.2 Å². The molecule has 8 heteroatoms. The largest absolute Gasteiger partial charge is 0.307 e. The highest BCUT2D eigenvalue weighted by Crippen LogP contribution is 2.33. The zero-order valence-corrected chi connectivity index (χ0v) is 19.5. The van der Waals surface area contributed by atoms with E-state index in [1.54, 1.807) is 16.2 Å². The monoisotopic (exact) mass is 469 g/mol. The molecule has 32 heavy (non-hydrogen) atoms. The van der Waals surface area contributed by atoms with Crippen LogP contribution in [0.4, 0.5) is 5.69 Å². The lowest BCUT2D eigenvalue weighted by Gasteiger charge is -2.34. The predicted molar refractivity (Wildman–Crippen MR) is 129 cm³/mol. The number of benzene rings is 2. The van der Waals surface area contributed by atoms with E-state index in [9.17, 15) is 13.2 Å². The summed E-state index contributed by atoms with van der Waals surface area (Å²) < 4.78 is 25.4. The van der Waals surface area contributed by atoms with E-state index in [0.29, 0.717) is 18.9 Å². The Morgan fingerprint density at radius 2 is 1.88 bits per heavy atom. The van der Waals surface area contributed by atoms with Gasteiger partial charge in [0.25, 0.3) is 0 Å². The molecule has 0 aliphatic carbocycles. The number of hydrogen-bond acceptors (Lipinski definition) is 6. The van der Waals surface area contributed by atoms with Crippen LogP contribution >= 0.6 is 11.3 Å². The van der Waals surface area contributed by atoms with Crippen molar-refractivity contribution in [1.29, 1.82) is 0 Å². The second-order valence-corrected chi connectivity index (χ2v) is 12.0. The molecule has 2 aromatic carbocycles. The first-order valence-electron chi connectivity index (χ1n) is 11.1. The van der Waals surface area contributed by atoms with Crippen LogP contribution in [0.2, 0.25) is 0 Å². The molecule has 3 aromatic rings. The van der Waals surface area contributed by atoms with Crippen molar-refractivity contribution in [3.63, 3.8) is 0 Å². The van der Waals surface area contributed by atoms with E-state index in [1.807, 2.05) is 48.5 Å². The van der Waals surface area contributed by atoms with Crippen LogP contribution < -0.4 is 4.90 Å². The van der Waals surface area contributed by atoms with Crippen LogP contribution in [0.1, 0.15) is 30.2 Å². The summed E-state index contributed by atoms with van der Waals surface area (Å²) in [5.74, 6) is 0.494. The topological polar surface area (TPSA) is 70.6 Å². The fraction of sp³-hybridized carbons (Fsp3) is 0.417. The fourth-order valence-electron chi connectivity index (χ4n) is 4.86. The number of aromatic nitrogens is 1. The Kier molecular flexibility index (Phi) is 6.01. The Balaban J connectivity index is 1.32. The maximum atomic E-state index is 13.5. The molecule has 168 valence electrons. The Morgan fingerprint density at radius 1 is 1.09 bits per heavy atom. The number of para-hydroxylation sites is 2. The van der Waals surface area contributed by atoms with Crippen LogP contribution in [0, 0.1) is 0 Å². The number of rotatable bonds is 5. The minimum atomic E-state index is -3.09. The van der Waals surface area contributed by atoms with Crippen LogP contribution in [0.25, 0.3) is 10.2 Å². The number of hydrogen-bond donors (Lipinski definition) is 0. The molecule has 6 nitrogen and oxygen atoms in total. The van der Waals surface area contributed by atoms with E-state index in [2.05, 4.69) is 11.0 Å². The number of carbonyl (C=O) groups excluding carboxylic acids is 1. The summed E-state index contributed by atoms with van der Waals surface area (Å²) in [6.07, 6.45) is 2.60. The number of sulfone groups is 1. The summed E-state index contributed by atoms with van der Waals surface area (Å²) in [6, 6.07) is 17.4. The summed E-state index contributed by atoms with van der Waals surface area (Å²) in [5, 5.41) is 1.14. The molecule has 0 spiro atoms. The lowest BCUT2D eigenvalue weighted by atomic mass is 9.98. The molecule has 0 radical (unpaired) electrons. The molecular weight excluding hydrogens is 442 g/mol. The first-order chi connectivity index (χ1) is 15.5. The molecule has 0 unspecified atom stereocenters. The smallest absolute Gasteiger partial charge is 0.241 e. The maximum absolute atomic E-state index is 13.5. The third-order valence-corrected chi connectivity index (χ3v) is 9.35. The molecule has 2 aliphatic heterocycles. The molecule has 1 aromatic heterocycles. The van der Waals surface area contributed by atoms with Gasteiger partial charge in [-0.3, -0.25) is 9.69 Å². The fourth-order valence-corrected chi connectivity index (χ4v) is 7.65. The SMILES string of the molecule is O=C(CN1CCC[C@@H](c2nc3ccccc3s2)C1)N(c1ccccc1)[C@@H]1CCS(=O)(=O)C1. The highest BCUT2D eigenvalue weighted by molar-refractivity contribution is 7.91. The number of carbonyl (C=O) groups is 1. The van der Waals surface area contributed by atoms with E-state index < -0.39 is 9.84 Å². The quantitative estimate of drug-likeness (QED) is 0.570. The Labute approximate surface area is 192 Å². The number of amides is 1. The van der Waals surface area contributed by atoms with Gasteiger partial charge in [0.1, 0.15) is 0 Å². The molecule has 2 aliphatic rings. The zero-order chi connectivity index (χ0) is 22.1. The summed E-state index contributed by atoms with van der Waals surface area (Å²) in [5.41, 5.74) is 1.82. The van der Waals surface area contributed by atoms with Gasteiger partial charge in [-0.05, 0) is 50.1 Å². The van der Waals surface area contributed by atoms with Crippen LogP contribution in [-0.2, 0) is 14.6 Å². The highest BCUT2D eigenvalue weighted by Gasteiger charge is 2.36. The average Bonchev–Trinajstić information content (AvgIpc) is 3.38. The molecule has 2 fully saturated rings. The van der Waals surface area contributed by atoms with Crippen LogP contribution in [-0.4, -0.2) is 61.4 Å². The third-order valence-electron chi connectivity index (χ3n) is 6.40. The van der Waals surface area contributed by atoms with Crippen LogP contribution in [0.15, 0.2) is 54.6 Å². The van der Waals surface area contributed by atoms with E-state index in [1.165, 1.54) is 4.70 Å². The second-order valence-electron chi connectivity index (χ2n) is 8.75. The first-order valence-corrected chi connectivity index (χ1v) is 13.8. The number of piperidine rings is 1. The standard InChI is InChI=1S/C24H27N3O3S2/c28-23(27(19-8-2-1-3-9-19)20-12-14-32(29,30)17-20)16-26-13-6-7-18(15-26)24-25-21-10-4-5-11-22(21)31-24/h1-5,8-11,18,20H,6-7,12-17H2/t18-,20-/m1/s1. The molecule has 5 rings (SSSR count). The lowest BCUT2D eigenvalue weighted by molar-refractivity contribution is -0.120. The van der Waals surface area contributed by atoms with Gasteiger partial charge in [-0.1, -0.05) is 30.3 Å². The van der Waals surface area contributed by atoms with Gasteiger partial charge in [-0.25, -0.2) is 13.4 Å². The van der Waals surface area contributed by atoms with Gasteiger partial charge >= 0.3 is 0 Å². The first kappa shape index (κ1) is 21.6. The summed E-state index contributed by atoms with van der Waals surface area (Å²) in [4.78, 5) is 22.3. The minimum absolute atomic E-state index is 0.0248. The molecule has 1 amide bonds. The van der Waals surface area contributed by atoms with E-state index in [-0.39, 0.29) is 23.5 Å². The number of thiazole rings is 1. The van der Waals surface area contributed by atoms with E-state index in [0.717, 1.165) is 42.1 Å². The van der Waals surface area contributed by atoms with Gasteiger partial charge in [0.2, 0.25) is 5.91 Å². The summed E-state index contributed by atoms with van der Waals surface area (Å²) in [6.45, 7) is 1.97. The van der Waals surface area contributed by atoms with Gasteiger partial charge in [-0.2, -0.15) is 0 Å². The van der Waals surface area contributed by atoms with Crippen molar-refractivity contribution in [2.75, 3.05) is 36.0 Å². The van der Waals surface area contributed by atoms with E-state index in [4.69, 9.17) is 4.98 Å². The number of fused-ring (bicyclic) bond motifs is 1. The maximum Gasteiger partial charge on any atom is 0.241 e. The Hall–Kier alpha value is -2.29. The van der Waals surface area contributed by atoms with Crippen molar-refractivity contribution in [2.24, 2.45) is 0 Å². The van der Waals surface area contributed by atoms with E-state index >= 15 is 0 Å². The van der Waals surface area contributed by atoms with Crippen LogP contribution in [0.3, 0.4) is 0 Å². The molecule has 0 bridgehead atoms. The van der Waals surface area contributed by atoms with Gasteiger partial charge in [0, 0.05) is 18.2 Å². The Morgan fingerprint density at radius 3 is 2.62 bits per heavy atom. The number of likely N-dealkylation sites (tertiary alicyclic amines) is 1. The summed E-state index contributed by atoms with van der Waals surface area (Å²) in [7, 11) is -3.09. The molecule has 2 atom stereocenters. The lowest BCUT2D eigenvalue weighted by Crippen LogP contribution is -2.48. The van der Waals surface area contributed by atoms with Gasteiger partial charge < -0.3 is 4.90 Å². The molecule has 2 saturated heterocycles. The molecular formula is C24H27N3O3S2. The van der Waals surface area contributed by atoms with Crippen molar-refractivity contribution in [1.82, 2.24) is 9.88 Å². The summed E-state index contributed by atoms with van der Waals surface area (Å²) >= 11 is 1.75. The van der Waals surface area contributed by atoms with Gasteiger partial charge in [-0.15, -0.1) is 11.3 Å². The second kappa shape index (κ2) is 8.92. The highest BCUT2D eigenvalue weighted by atomic mass is 32.2. The number of anilines is 1. The Bertz CT molecular complexity index is 1180. The van der Waals surface area contributed by atoms with Crippen molar-refractivity contribution in [3.8, 4) is 0 Å². The van der Waals surface area contributed by atoms with Crippen LogP contribution in [0.5, 0.6) is 0 Å². The zero-order valence-electron chi connectivity index (χ0n) is 17.9. The van der Waals surface area contributed by atoms with Gasteiger partial charge in [0.15, 0.2) is 9.84 Å². The molecule has 0 N–H and O–H groups in total. The molecule has 3 heterocycles. The normalized spacial score (nSPS) is 23.4. The number of nitrogens with zero attached hydrogens (tertiary/aromatic N) is 3. The van der Waals surface area contributed by atoms with Crippen molar-refractivity contribution >= 4 is 43.0 Å². The average molecular weight is 470 g/mol. The third kappa shape index (κ3) is 4.58. The predicted octanol–water partition coefficient (Wildman–Crippen LogP) is 3.70. The minimum Gasteiger partial charge on any atom is -0.307 e. The van der Waals surface area contributed by atoms with Gasteiger partial charge in [0.05, 0.1) is 39.3 Å². The van der Waals surface area contributed by atoms with Crippen molar-refractivity contribution in [3.05, 3.63) is 59.6 Å².